The lowest BCUT2D eigenvalue weighted by Crippen LogP contribution is -2.57. The van der Waals surface area contributed by atoms with Crippen molar-refractivity contribution in [1.29, 1.82) is 0 Å². The third-order valence-electron chi connectivity index (χ3n) is 19.6. The van der Waals surface area contributed by atoms with Crippen molar-refractivity contribution in [2.45, 2.75) is 292 Å². The minimum absolute atomic E-state index is 0.0177. The zero-order chi connectivity index (χ0) is 53.1. The molecular formula is C58H106O12Si3. The van der Waals surface area contributed by atoms with E-state index in [0.29, 0.717) is 51.0 Å². The van der Waals surface area contributed by atoms with Gasteiger partial charge in [0.25, 0.3) is 0 Å². The Morgan fingerprint density at radius 2 is 1.32 bits per heavy atom. The van der Waals surface area contributed by atoms with E-state index in [4.69, 9.17) is 46.4 Å². The van der Waals surface area contributed by atoms with Crippen LogP contribution in [-0.4, -0.2) is 147 Å². The largest absolute Gasteiger partial charge is 0.414 e. The molecule has 0 spiro atoms. The summed E-state index contributed by atoms with van der Waals surface area (Å²) in [6.45, 7) is 36.6. The van der Waals surface area contributed by atoms with Crippen LogP contribution in [0.1, 0.15) is 146 Å². The van der Waals surface area contributed by atoms with Gasteiger partial charge in [0.2, 0.25) is 0 Å². The Labute approximate surface area is 447 Å². The maximum Gasteiger partial charge on any atom is 0.192 e. The minimum Gasteiger partial charge on any atom is -0.414 e. The number of rotatable bonds is 31. The molecule has 0 radical (unpaired) electrons. The number of hydrogen-bond acceptors (Lipinski definition) is 12. The van der Waals surface area contributed by atoms with Crippen molar-refractivity contribution in [3.63, 3.8) is 0 Å². The maximum absolute atomic E-state index is 11.5. The van der Waals surface area contributed by atoms with Crippen molar-refractivity contribution in [3.8, 4) is 0 Å². The second kappa shape index (κ2) is 28.5. The van der Waals surface area contributed by atoms with Crippen molar-refractivity contribution in [1.82, 2.24) is 0 Å². The molecule has 422 valence electrons. The first kappa shape index (κ1) is 61.6. The normalized spacial score (nSPS) is 36.6. The summed E-state index contributed by atoms with van der Waals surface area (Å²) in [7, 11) is -3.98. The molecule has 6 aliphatic heterocycles. The second-order valence-corrected chi connectivity index (χ2v) is 37.5. The second-order valence-electron chi connectivity index (χ2n) is 23.3. The van der Waals surface area contributed by atoms with Gasteiger partial charge in [-0.1, -0.05) is 88.5 Å². The van der Waals surface area contributed by atoms with E-state index in [0.717, 1.165) is 104 Å². The number of aliphatic hydroxyl groups excluding tert-OH is 2. The van der Waals surface area contributed by atoms with Crippen LogP contribution in [0.3, 0.4) is 0 Å². The van der Waals surface area contributed by atoms with Crippen LogP contribution in [0.4, 0.5) is 0 Å². The van der Waals surface area contributed by atoms with Crippen molar-refractivity contribution >= 4 is 25.0 Å². The Hall–Kier alpha value is -0.609. The third kappa shape index (κ3) is 14.8. The standard InChI is InChI=1S/C58H106O12Si3/c1-15-25-49-57(70-73(22-8,23-9)24-10)54-37-53(65-49)56-47(60)34-42(58(67-54)68-56)26-27-43-33-40(12)48(63-43)29-28-44-32-39(11)41(13)50(64-44)36-51-46(30-31-59)55(61-14)52(66-51)35-45(69-72(19-5,20-6)21-7)38-62-71(16-2,17-3)18-4/h15,39,42-60H,1,12-13,16-38H2,2-11,14H3/t39?,42?,43?,44?,45-,46?,47?,48?,49?,50+,51-,52+,53+,54+,55+,56-,57?,58?/m0/s1. The summed E-state index contributed by atoms with van der Waals surface area (Å²) in [6.07, 6.45) is 8.10. The summed E-state index contributed by atoms with van der Waals surface area (Å²) in [6, 6.07) is 9.71. The number of hydrogen-bond donors (Lipinski definition) is 2. The predicted octanol–water partition coefficient (Wildman–Crippen LogP) is 12.2. The highest BCUT2D eigenvalue weighted by atomic mass is 28.4. The topological polar surface area (TPSA) is 133 Å². The number of fused-ring (bicyclic) bond motifs is 5. The molecule has 0 aliphatic carbocycles. The van der Waals surface area contributed by atoms with Gasteiger partial charge in [-0.3, -0.25) is 0 Å². The number of aliphatic hydroxyl groups is 2. The van der Waals surface area contributed by atoms with Gasteiger partial charge in [-0.25, -0.2) is 0 Å². The first-order chi connectivity index (χ1) is 35.1. The van der Waals surface area contributed by atoms with Gasteiger partial charge in [0.05, 0.1) is 86.0 Å². The molecule has 73 heavy (non-hydrogen) atoms. The van der Waals surface area contributed by atoms with E-state index < -0.39 is 43.5 Å². The summed E-state index contributed by atoms with van der Waals surface area (Å²) >= 11 is 0. The quantitative estimate of drug-likeness (QED) is 0.0506. The van der Waals surface area contributed by atoms with Crippen LogP contribution in [0, 0.1) is 17.8 Å². The van der Waals surface area contributed by atoms with Crippen LogP contribution in [-0.2, 0) is 46.4 Å². The van der Waals surface area contributed by atoms with E-state index in [9.17, 15) is 10.2 Å². The molecule has 18 atom stereocenters. The van der Waals surface area contributed by atoms with Crippen molar-refractivity contribution in [2.75, 3.05) is 20.3 Å². The lowest BCUT2D eigenvalue weighted by atomic mass is 9.82. The van der Waals surface area contributed by atoms with Crippen LogP contribution in [0.25, 0.3) is 0 Å². The molecule has 6 saturated heterocycles. The highest BCUT2D eigenvalue weighted by molar-refractivity contribution is 6.74. The fourth-order valence-corrected chi connectivity index (χ4v) is 22.4. The third-order valence-corrected chi connectivity index (χ3v) is 33.6. The lowest BCUT2D eigenvalue weighted by Gasteiger charge is -2.45. The van der Waals surface area contributed by atoms with Gasteiger partial charge in [0.15, 0.2) is 31.2 Å². The number of ether oxygens (including phenoxy) is 7. The molecule has 0 aromatic carbocycles. The first-order valence-corrected chi connectivity index (χ1v) is 37.4. The van der Waals surface area contributed by atoms with E-state index in [2.05, 4.69) is 89.0 Å². The Morgan fingerprint density at radius 3 is 1.93 bits per heavy atom. The first-order valence-electron chi connectivity index (χ1n) is 29.8. The van der Waals surface area contributed by atoms with Crippen LogP contribution in [0.15, 0.2) is 37.0 Å². The van der Waals surface area contributed by atoms with Crippen LogP contribution >= 0.6 is 0 Å². The fourth-order valence-electron chi connectivity index (χ4n) is 14.0. The van der Waals surface area contributed by atoms with E-state index in [-0.39, 0.29) is 91.7 Å². The Morgan fingerprint density at radius 1 is 0.671 bits per heavy atom. The van der Waals surface area contributed by atoms with Gasteiger partial charge in [0, 0.05) is 44.8 Å². The van der Waals surface area contributed by atoms with Gasteiger partial charge in [0.1, 0.15) is 6.10 Å². The molecule has 0 saturated carbocycles. The summed E-state index contributed by atoms with van der Waals surface area (Å²) in [5.74, 6) is 0.352. The van der Waals surface area contributed by atoms with Crippen molar-refractivity contribution in [2.24, 2.45) is 17.8 Å². The molecule has 0 aromatic rings. The Balaban J connectivity index is 1.05. The van der Waals surface area contributed by atoms with E-state index >= 15 is 0 Å². The molecule has 6 fully saturated rings. The number of methoxy groups -OCH3 is 1. The molecule has 15 heteroatoms. The van der Waals surface area contributed by atoms with Gasteiger partial charge < -0.3 is 56.6 Å². The summed E-state index contributed by atoms with van der Waals surface area (Å²) in [4.78, 5) is 0. The molecule has 10 unspecified atom stereocenters. The Kier molecular flexibility index (Phi) is 24.1. The lowest BCUT2D eigenvalue weighted by molar-refractivity contribution is -0.256. The highest BCUT2D eigenvalue weighted by Crippen LogP contribution is 2.45. The van der Waals surface area contributed by atoms with Crippen LogP contribution < -0.4 is 0 Å². The summed E-state index contributed by atoms with van der Waals surface area (Å²) in [5, 5.41) is 21.9. The minimum atomic E-state index is -1.97. The van der Waals surface area contributed by atoms with Crippen molar-refractivity contribution < 1.29 is 56.6 Å². The summed E-state index contributed by atoms with van der Waals surface area (Å²) in [5.41, 5.74) is 2.27. The molecular weight excluding hydrogens is 973 g/mol. The molecule has 2 N–H and O–H groups in total. The zero-order valence-electron chi connectivity index (χ0n) is 47.8. The Bertz CT molecular complexity index is 1670. The molecule has 12 nitrogen and oxygen atoms in total. The van der Waals surface area contributed by atoms with E-state index in [1.807, 2.05) is 6.08 Å². The van der Waals surface area contributed by atoms with Crippen LogP contribution in [0.2, 0.25) is 54.4 Å². The maximum atomic E-state index is 11.5. The average Bonchev–Trinajstić information content (AvgIpc) is 3.88. The van der Waals surface area contributed by atoms with Gasteiger partial charge in [-0.2, -0.15) is 0 Å². The molecule has 6 heterocycles. The molecule has 6 aliphatic rings. The fraction of sp³-hybridized carbons (Fsp3) is 0.897. The van der Waals surface area contributed by atoms with Gasteiger partial charge in [-0.05, 0) is 129 Å². The molecule has 0 amide bonds. The zero-order valence-corrected chi connectivity index (χ0v) is 50.8. The highest BCUT2D eigenvalue weighted by Gasteiger charge is 2.54. The molecule has 4 bridgehead atoms. The molecule has 0 aromatic heterocycles. The average molecular weight is 1080 g/mol. The van der Waals surface area contributed by atoms with E-state index in [1.54, 1.807) is 7.11 Å². The smallest absolute Gasteiger partial charge is 0.192 e. The SMILES string of the molecule is C=CCC1O[C@@H]2C[C@@H](OC3O[C@H]2C(O)CC3CCC2CC(=C)C(CCC3CC(C)C(=C)[C@@H](C[C@@H]4O[C@H](C[C@@H](CO[Si](CC)(CC)CC)O[Si](CC)(CC)CC)[C@H](OC)C4CCO)O3)O2)C1O[Si](CC)(CC)CC. The van der Waals surface area contributed by atoms with Crippen LogP contribution in [0.5, 0.6) is 0 Å². The van der Waals surface area contributed by atoms with Gasteiger partial charge in [-0.15, -0.1) is 6.58 Å². The van der Waals surface area contributed by atoms with Gasteiger partial charge >= 0.3 is 0 Å². The molecule has 6 rings (SSSR count). The monoisotopic (exact) mass is 1080 g/mol. The van der Waals surface area contributed by atoms with E-state index in [1.165, 1.54) is 0 Å². The summed E-state index contributed by atoms with van der Waals surface area (Å²) < 4.78 is 68.9. The van der Waals surface area contributed by atoms with Crippen molar-refractivity contribution in [3.05, 3.63) is 37.0 Å². The predicted molar refractivity (Wildman–Crippen MR) is 299 cm³/mol.